The summed E-state index contributed by atoms with van der Waals surface area (Å²) in [4.78, 5) is 10.4. The molecule has 25 heavy (non-hydrogen) atoms. The van der Waals surface area contributed by atoms with Crippen molar-refractivity contribution in [2.24, 2.45) is 7.05 Å². The molecule has 2 aliphatic heterocycles. The molecule has 0 saturated carbocycles. The van der Waals surface area contributed by atoms with Crippen molar-refractivity contribution in [1.29, 1.82) is 0 Å². The van der Waals surface area contributed by atoms with Gasteiger partial charge in [-0.15, -0.1) is 0 Å². The number of hydrogen-bond acceptors (Lipinski definition) is 6. The van der Waals surface area contributed by atoms with Gasteiger partial charge in [-0.2, -0.15) is 5.10 Å². The number of nitrogens with one attached hydrogen (secondary N) is 1. The summed E-state index contributed by atoms with van der Waals surface area (Å²) in [7, 11) is 1.94. The van der Waals surface area contributed by atoms with Crippen molar-refractivity contribution in [2.75, 3.05) is 25.0 Å². The number of hydrogen-bond donors (Lipinski definition) is 1. The molecule has 2 saturated heterocycles. The van der Waals surface area contributed by atoms with Crippen molar-refractivity contribution in [3.63, 3.8) is 0 Å². The fourth-order valence-electron chi connectivity index (χ4n) is 3.93. The van der Waals surface area contributed by atoms with Crippen LogP contribution in [0, 0.1) is 5.82 Å². The highest BCUT2D eigenvalue weighted by Gasteiger charge is 2.43. The first-order valence-corrected chi connectivity index (χ1v) is 8.68. The summed E-state index contributed by atoms with van der Waals surface area (Å²) in [6.45, 7) is 3.53. The van der Waals surface area contributed by atoms with Crippen LogP contribution in [0.4, 0.5) is 10.3 Å². The molecule has 2 aliphatic rings. The van der Waals surface area contributed by atoms with E-state index in [1.807, 2.05) is 17.9 Å². The predicted molar refractivity (Wildman–Crippen MR) is 90.4 cm³/mol. The minimum absolute atomic E-state index is 0.113. The van der Waals surface area contributed by atoms with E-state index in [-0.39, 0.29) is 11.6 Å². The van der Waals surface area contributed by atoms with Gasteiger partial charge in [0.2, 0.25) is 5.95 Å². The number of anilines is 1. The third kappa shape index (κ3) is 3.80. The van der Waals surface area contributed by atoms with Gasteiger partial charge >= 0.3 is 0 Å². The lowest BCUT2D eigenvalue weighted by molar-refractivity contribution is -0.0533. The van der Waals surface area contributed by atoms with Gasteiger partial charge in [0.25, 0.3) is 0 Å². The Labute approximate surface area is 146 Å². The number of halogens is 1. The first-order valence-electron chi connectivity index (χ1n) is 8.68. The molecule has 1 spiro atoms. The smallest absolute Gasteiger partial charge is 0.223 e. The van der Waals surface area contributed by atoms with E-state index in [9.17, 15) is 4.39 Å². The molecule has 0 radical (unpaired) electrons. The highest BCUT2D eigenvalue weighted by Crippen LogP contribution is 2.35. The van der Waals surface area contributed by atoms with Gasteiger partial charge < -0.3 is 10.1 Å². The minimum atomic E-state index is -0.428. The Morgan fingerprint density at radius 2 is 2.20 bits per heavy atom. The van der Waals surface area contributed by atoms with Gasteiger partial charge in [-0.3, -0.25) is 9.58 Å². The molecule has 0 aromatic carbocycles. The fraction of sp³-hybridized carbons (Fsp3) is 0.588. The standard InChI is InChI=1S/C17H23FN6O/c1-23-9-13(6-21-23)10-24-4-2-3-17(12-24)5-15(11-25-17)22-16-19-7-14(18)8-20-16/h6-9,15H,2-5,10-12H2,1H3,(H,19,20,22)/t15-,17+/m1/s1. The third-order valence-corrected chi connectivity index (χ3v) is 4.95. The van der Waals surface area contributed by atoms with Gasteiger partial charge in [0.05, 0.1) is 36.8 Å². The Bertz CT molecular complexity index is 720. The van der Waals surface area contributed by atoms with Gasteiger partial charge in [0.15, 0.2) is 5.82 Å². The Balaban J connectivity index is 1.36. The van der Waals surface area contributed by atoms with Crippen LogP contribution in [-0.2, 0) is 18.3 Å². The van der Waals surface area contributed by atoms with Crippen molar-refractivity contribution in [3.8, 4) is 0 Å². The zero-order chi connectivity index (χ0) is 17.3. The van der Waals surface area contributed by atoms with Crippen molar-refractivity contribution < 1.29 is 9.13 Å². The van der Waals surface area contributed by atoms with Crippen LogP contribution in [0.3, 0.4) is 0 Å². The first-order chi connectivity index (χ1) is 12.1. The summed E-state index contributed by atoms with van der Waals surface area (Å²) in [5.41, 5.74) is 1.12. The van der Waals surface area contributed by atoms with Gasteiger partial charge in [-0.05, 0) is 19.4 Å². The van der Waals surface area contributed by atoms with Crippen molar-refractivity contribution in [3.05, 3.63) is 36.2 Å². The average Bonchev–Trinajstić information content (AvgIpc) is 3.16. The number of piperidine rings is 1. The van der Waals surface area contributed by atoms with E-state index >= 15 is 0 Å². The molecule has 2 aromatic rings. The summed E-state index contributed by atoms with van der Waals surface area (Å²) >= 11 is 0. The average molecular weight is 346 g/mol. The van der Waals surface area contributed by atoms with Crippen LogP contribution in [0.25, 0.3) is 0 Å². The maximum atomic E-state index is 12.9. The van der Waals surface area contributed by atoms with E-state index < -0.39 is 5.82 Å². The molecule has 8 heteroatoms. The number of likely N-dealkylation sites (tertiary alicyclic amines) is 1. The molecule has 0 unspecified atom stereocenters. The second-order valence-corrected chi connectivity index (χ2v) is 7.10. The third-order valence-electron chi connectivity index (χ3n) is 4.95. The van der Waals surface area contributed by atoms with Crippen molar-refractivity contribution >= 4 is 5.95 Å². The molecule has 4 heterocycles. The Kier molecular flexibility index (Phi) is 4.39. The van der Waals surface area contributed by atoms with E-state index in [0.717, 1.165) is 38.9 Å². The summed E-state index contributed by atoms with van der Waals surface area (Å²) < 4.78 is 21.0. The molecule has 0 aliphatic carbocycles. The van der Waals surface area contributed by atoms with Gasteiger partial charge in [0, 0.05) is 38.3 Å². The highest BCUT2D eigenvalue weighted by atomic mass is 19.1. The van der Waals surface area contributed by atoms with Crippen molar-refractivity contribution in [2.45, 2.75) is 37.5 Å². The van der Waals surface area contributed by atoms with Crippen LogP contribution < -0.4 is 5.32 Å². The van der Waals surface area contributed by atoms with Crippen molar-refractivity contribution in [1.82, 2.24) is 24.6 Å². The molecule has 2 atom stereocenters. The molecule has 2 fully saturated rings. The van der Waals surface area contributed by atoms with Gasteiger partial charge in [-0.25, -0.2) is 14.4 Å². The van der Waals surface area contributed by atoms with Gasteiger partial charge in [-0.1, -0.05) is 0 Å². The summed E-state index contributed by atoms with van der Waals surface area (Å²) in [6, 6.07) is 0.156. The molecular weight excluding hydrogens is 323 g/mol. The summed E-state index contributed by atoms with van der Waals surface area (Å²) in [5.74, 6) is 0.0260. The lowest BCUT2D eigenvalue weighted by atomic mass is 9.88. The molecule has 1 N–H and O–H groups in total. The van der Waals surface area contributed by atoms with Gasteiger partial charge in [0.1, 0.15) is 0 Å². The van der Waals surface area contributed by atoms with E-state index in [4.69, 9.17) is 4.74 Å². The maximum absolute atomic E-state index is 12.9. The van der Waals surface area contributed by atoms with Crippen LogP contribution in [0.2, 0.25) is 0 Å². The lowest BCUT2D eigenvalue weighted by Crippen LogP contribution is -2.47. The lowest BCUT2D eigenvalue weighted by Gasteiger charge is -2.39. The number of nitrogens with zero attached hydrogens (tertiary/aromatic N) is 5. The predicted octanol–water partition coefficient (Wildman–Crippen LogP) is 1.58. The molecule has 2 aromatic heterocycles. The number of aryl methyl sites for hydroxylation is 1. The zero-order valence-corrected chi connectivity index (χ0v) is 14.4. The Morgan fingerprint density at radius 1 is 1.36 bits per heavy atom. The topological polar surface area (TPSA) is 68.1 Å². The monoisotopic (exact) mass is 346 g/mol. The quantitative estimate of drug-likeness (QED) is 0.907. The number of aromatic nitrogens is 4. The second-order valence-electron chi connectivity index (χ2n) is 7.10. The Morgan fingerprint density at radius 3 is 2.96 bits per heavy atom. The van der Waals surface area contributed by atoms with E-state index in [2.05, 4.69) is 31.5 Å². The van der Waals surface area contributed by atoms with Crippen LogP contribution >= 0.6 is 0 Å². The molecule has 0 bridgehead atoms. The summed E-state index contributed by atoms with van der Waals surface area (Å²) in [6.07, 6.45) is 9.45. The first kappa shape index (κ1) is 16.4. The van der Waals surface area contributed by atoms with E-state index in [0.29, 0.717) is 12.6 Å². The SMILES string of the molecule is Cn1cc(CN2CCC[C@]3(C[C@@H](Nc4ncc(F)cn4)CO3)C2)cn1. The molecule has 0 amide bonds. The van der Waals surface area contributed by atoms with E-state index in [1.165, 1.54) is 18.0 Å². The molecule has 7 nitrogen and oxygen atoms in total. The highest BCUT2D eigenvalue weighted by molar-refractivity contribution is 5.26. The molecule has 134 valence electrons. The maximum Gasteiger partial charge on any atom is 0.223 e. The largest absolute Gasteiger partial charge is 0.371 e. The van der Waals surface area contributed by atoms with E-state index in [1.54, 1.807) is 0 Å². The Hall–Kier alpha value is -2.06. The minimum Gasteiger partial charge on any atom is -0.371 e. The zero-order valence-electron chi connectivity index (χ0n) is 14.4. The molecular formula is C17H23FN6O. The van der Waals surface area contributed by atoms with Crippen LogP contribution in [0.15, 0.2) is 24.8 Å². The second kappa shape index (κ2) is 6.68. The van der Waals surface area contributed by atoms with Crippen LogP contribution in [0.1, 0.15) is 24.8 Å². The fourth-order valence-corrected chi connectivity index (χ4v) is 3.93. The molecule has 4 rings (SSSR count). The normalized spacial score (nSPS) is 27.0. The van der Waals surface area contributed by atoms with Crippen LogP contribution in [-0.4, -0.2) is 56.0 Å². The van der Waals surface area contributed by atoms with Crippen LogP contribution in [0.5, 0.6) is 0 Å². The summed E-state index contributed by atoms with van der Waals surface area (Å²) in [5, 5.41) is 7.51. The number of rotatable bonds is 4. The number of ether oxygens (including phenoxy) is 1.